The van der Waals surface area contributed by atoms with Crippen LogP contribution in [0.3, 0.4) is 0 Å². The van der Waals surface area contributed by atoms with Crippen LogP contribution >= 0.6 is 11.8 Å². The van der Waals surface area contributed by atoms with Crippen LogP contribution in [0.15, 0.2) is 4.99 Å². The van der Waals surface area contributed by atoms with Crippen LogP contribution in [0.4, 0.5) is 13.2 Å². The molecule has 1 heterocycles. The number of hydrogen-bond donors (Lipinski definition) is 2. The second kappa shape index (κ2) is 10.2. The van der Waals surface area contributed by atoms with Crippen molar-refractivity contribution < 1.29 is 13.2 Å². The van der Waals surface area contributed by atoms with Gasteiger partial charge in [0.1, 0.15) is 0 Å². The molecule has 0 aromatic rings. The lowest BCUT2D eigenvalue weighted by Crippen LogP contribution is -2.39. The molecule has 0 aliphatic carbocycles. The zero-order chi connectivity index (χ0) is 16.4. The van der Waals surface area contributed by atoms with Crippen molar-refractivity contribution in [2.24, 2.45) is 4.99 Å². The first-order valence-corrected chi connectivity index (χ1v) is 8.84. The maximum atomic E-state index is 12.2. The van der Waals surface area contributed by atoms with Gasteiger partial charge in [-0.3, -0.25) is 9.89 Å². The Morgan fingerprint density at radius 1 is 1.36 bits per heavy atom. The van der Waals surface area contributed by atoms with Crippen LogP contribution in [0.5, 0.6) is 0 Å². The molecule has 8 heteroatoms. The standard InChI is InChI=1S/C14H27F3N4S/c1-3-18-13(20-10-12-6-4-9-22-12)19-7-5-8-21(2)11-14(15,16)17/h12H,3-11H2,1-2H3,(H2,18,19,20). The first-order chi connectivity index (χ1) is 10.4. The Bertz CT molecular complexity index is 331. The molecule has 1 fully saturated rings. The molecule has 22 heavy (non-hydrogen) atoms. The van der Waals surface area contributed by atoms with E-state index in [0.29, 0.717) is 24.8 Å². The third-order valence-corrected chi connectivity index (χ3v) is 4.66. The molecule has 2 N–H and O–H groups in total. The minimum absolute atomic E-state index is 0.407. The fraction of sp³-hybridized carbons (Fsp3) is 0.929. The van der Waals surface area contributed by atoms with Crippen molar-refractivity contribution in [1.82, 2.24) is 15.5 Å². The van der Waals surface area contributed by atoms with E-state index in [1.807, 2.05) is 18.7 Å². The lowest BCUT2D eigenvalue weighted by Gasteiger charge is -2.19. The van der Waals surface area contributed by atoms with Crippen molar-refractivity contribution >= 4 is 17.7 Å². The van der Waals surface area contributed by atoms with Gasteiger partial charge in [0, 0.05) is 18.3 Å². The van der Waals surface area contributed by atoms with E-state index < -0.39 is 12.7 Å². The lowest BCUT2D eigenvalue weighted by molar-refractivity contribution is -0.143. The maximum absolute atomic E-state index is 12.2. The Morgan fingerprint density at radius 2 is 2.14 bits per heavy atom. The molecule has 0 amide bonds. The monoisotopic (exact) mass is 340 g/mol. The van der Waals surface area contributed by atoms with Crippen molar-refractivity contribution in [3.8, 4) is 0 Å². The third kappa shape index (κ3) is 9.40. The number of guanidine groups is 1. The Labute approximate surface area is 135 Å². The quantitative estimate of drug-likeness (QED) is 0.404. The van der Waals surface area contributed by atoms with Crippen LogP contribution in [-0.4, -0.2) is 67.8 Å². The number of nitrogens with one attached hydrogen (secondary N) is 2. The molecular formula is C14H27F3N4S. The molecule has 0 saturated carbocycles. The molecule has 0 aromatic heterocycles. The predicted molar refractivity (Wildman–Crippen MR) is 87.6 cm³/mol. The van der Waals surface area contributed by atoms with Crippen LogP contribution in [0.2, 0.25) is 0 Å². The van der Waals surface area contributed by atoms with Gasteiger partial charge >= 0.3 is 6.18 Å². The Morgan fingerprint density at radius 3 is 2.73 bits per heavy atom. The van der Waals surface area contributed by atoms with Crippen molar-refractivity contribution in [2.45, 2.75) is 37.6 Å². The number of rotatable bonds is 8. The van der Waals surface area contributed by atoms with Gasteiger partial charge in [-0.05, 0) is 45.5 Å². The predicted octanol–water partition coefficient (Wildman–Crippen LogP) is 2.32. The fourth-order valence-electron chi connectivity index (χ4n) is 2.26. The van der Waals surface area contributed by atoms with Crippen LogP contribution in [0, 0.1) is 0 Å². The molecule has 0 aromatic carbocycles. The second-order valence-electron chi connectivity index (χ2n) is 5.49. The average molecular weight is 340 g/mol. The van der Waals surface area contributed by atoms with Crippen LogP contribution < -0.4 is 10.6 Å². The maximum Gasteiger partial charge on any atom is 0.401 e. The van der Waals surface area contributed by atoms with Crippen LogP contribution in [0.25, 0.3) is 0 Å². The van der Waals surface area contributed by atoms with Crippen molar-refractivity contribution in [3.63, 3.8) is 0 Å². The molecule has 1 aliphatic rings. The normalized spacial score (nSPS) is 19.7. The van der Waals surface area contributed by atoms with Crippen molar-refractivity contribution in [1.29, 1.82) is 0 Å². The van der Waals surface area contributed by atoms with Gasteiger partial charge in [-0.2, -0.15) is 24.9 Å². The van der Waals surface area contributed by atoms with E-state index in [2.05, 4.69) is 15.6 Å². The minimum Gasteiger partial charge on any atom is -0.357 e. The van der Waals surface area contributed by atoms with Gasteiger partial charge in [0.05, 0.1) is 13.1 Å². The molecule has 4 nitrogen and oxygen atoms in total. The molecule has 1 unspecified atom stereocenters. The summed E-state index contributed by atoms with van der Waals surface area (Å²) in [4.78, 5) is 5.84. The number of alkyl halides is 3. The first-order valence-electron chi connectivity index (χ1n) is 7.80. The molecule has 0 spiro atoms. The van der Waals surface area contributed by atoms with Crippen LogP contribution in [-0.2, 0) is 0 Å². The highest BCUT2D eigenvalue weighted by atomic mass is 32.2. The topological polar surface area (TPSA) is 39.7 Å². The van der Waals surface area contributed by atoms with E-state index in [4.69, 9.17) is 0 Å². The van der Waals surface area contributed by atoms with E-state index in [1.54, 1.807) is 0 Å². The van der Waals surface area contributed by atoms with Crippen molar-refractivity contribution in [2.75, 3.05) is 45.5 Å². The highest BCUT2D eigenvalue weighted by molar-refractivity contribution is 8.00. The summed E-state index contributed by atoms with van der Waals surface area (Å²) in [5.41, 5.74) is 0. The fourth-order valence-corrected chi connectivity index (χ4v) is 3.44. The summed E-state index contributed by atoms with van der Waals surface area (Å²) >= 11 is 1.96. The molecule has 1 rings (SSSR count). The lowest BCUT2D eigenvalue weighted by atomic mass is 10.2. The molecule has 0 radical (unpaired) electrons. The highest BCUT2D eigenvalue weighted by Crippen LogP contribution is 2.25. The van der Waals surface area contributed by atoms with Gasteiger partial charge in [-0.15, -0.1) is 0 Å². The molecule has 1 atom stereocenters. The van der Waals surface area contributed by atoms with Crippen molar-refractivity contribution in [3.05, 3.63) is 0 Å². The zero-order valence-corrected chi connectivity index (χ0v) is 14.2. The minimum atomic E-state index is -4.13. The third-order valence-electron chi connectivity index (χ3n) is 3.28. The largest absolute Gasteiger partial charge is 0.401 e. The molecule has 0 bridgehead atoms. The van der Waals surface area contributed by atoms with E-state index >= 15 is 0 Å². The number of nitrogens with zero attached hydrogens (tertiary/aromatic N) is 2. The summed E-state index contributed by atoms with van der Waals surface area (Å²) in [6.07, 6.45) is -0.997. The molecule has 130 valence electrons. The number of aliphatic imine (C=N–C) groups is 1. The average Bonchev–Trinajstić information content (AvgIpc) is 2.92. The SMILES string of the molecule is CCNC(=NCC1CCCS1)NCCCN(C)CC(F)(F)F. The van der Waals surface area contributed by atoms with Gasteiger partial charge in [-0.1, -0.05) is 0 Å². The molecular weight excluding hydrogens is 313 g/mol. The van der Waals surface area contributed by atoms with E-state index in [0.717, 1.165) is 19.0 Å². The Hall–Kier alpha value is -0.630. The van der Waals surface area contributed by atoms with Crippen LogP contribution in [0.1, 0.15) is 26.2 Å². The smallest absolute Gasteiger partial charge is 0.357 e. The molecule has 1 aliphatic heterocycles. The number of halogens is 3. The van der Waals surface area contributed by atoms with Gasteiger partial charge in [0.2, 0.25) is 0 Å². The van der Waals surface area contributed by atoms with E-state index in [9.17, 15) is 13.2 Å². The highest BCUT2D eigenvalue weighted by Gasteiger charge is 2.28. The Balaban J connectivity index is 2.21. The summed E-state index contributed by atoms with van der Waals surface area (Å²) in [7, 11) is 1.49. The van der Waals surface area contributed by atoms with Gasteiger partial charge in [-0.25, -0.2) is 0 Å². The summed E-state index contributed by atoms with van der Waals surface area (Å²) in [5.74, 6) is 1.98. The summed E-state index contributed by atoms with van der Waals surface area (Å²) in [6, 6.07) is 0. The van der Waals surface area contributed by atoms with Gasteiger partial charge in [0.15, 0.2) is 5.96 Å². The Kier molecular flexibility index (Phi) is 9.00. The summed E-state index contributed by atoms with van der Waals surface area (Å²) in [6.45, 7) is 3.74. The second-order valence-corrected chi connectivity index (χ2v) is 6.90. The zero-order valence-electron chi connectivity index (χ0n) is 13.4. The van der Waals surface area contributed by atoms with Gasteiger partial charge in [0.25, 0.3) is 0 Å². The van der Waals surface area contributed by atoms with E-state index in [1.165, 1.54) is 30.5 Å². The van der Waals surface area contributed by atoms with Gasteiger partial charge < -0.3 is 10.6 Å². The summed E-state index contributed by atoms with van der Waals surface area (Å²) < 4.78 is 36.6. The summed E-state index contributed by atoms with van der Waals surface area (Å²) in [5, 5.41) is 6.96. The first kappa shape index (κ1) is 19.4. The number of hydrogen-bond acceptors (Lipinski definition) is 3. The molecule has 1 saturated heterocycles. The number of thioether (sulfide) groups is 1. The van der Waals surface area contributed by atoms with E-state index in [-0.39, 0.29) is 0 Å².